The third-order valence-electron chi connectivity index (χ3n) is 12.7. The molecule has 1 nitrogen and oxygen atoms in total. The zero-order chi connectivity index (χ0) is 42.4. The molecule has 12 aromatic rings. The van der Waals surface area contributed by atoms with Crippen molar-refractivity contribution >= 4 is 70.1 Å². The minimum absolute atomic E-state index is 1.08. The van der Waals surface area contributed by atoms with E-state index in [1.165, 1.54) is 91.8 Å². The maximum Gasteiger partial charge on any atom is 0.0546 e. The van der Waals surface area contributed by atoms with Gasteiger partial charge in [0, 0.05) is 37.1 Å². The molecule has 1 heterocycles. The number of nitrogens with zero attached hydrogens (tertiary/aromatic N) is 1. The second kappa shape index (κ2) is 16.0. The molecule has 0 aliphatic carbocycles. The molecule has 300 valence electrons. The van der Waals surface area contributed by atoms with Crippen molar-refractivity contribution in [2.24, 2.45) is 0 Å². The molecule has 0 saturated carbocycles. The first-order valence-corrected chi connectivity index (χ1v) is 22.7. The molecule has 64 heavy (non-hydrogen) atoms. The van der Waals surface area contributed by atoms with E-state index in [1.54, 1.807) is 0 Å². The van der Waals surface area contributed by atoms with E-state index in [-0.39, 0.29) is 0 Å². The summed E-state index contributed by atoms with van der Waals surface area (Å²) in [5.74, 6) is 0. The van der Waals surface area contributed by atoms with Crippen LogP contribution in [0.15, 0.2) is 249 Å². The molecule has 0 bridgehead atoms. The van der Waals surface area contributed by atoms with Crippen molar-refractivity contribution in [1.82, 2.24) is 0 Å². The average Bonchev–Trinajstić information content (AvgIpc) is 3.75. The summed E-state index contributed by atoms with van der Waals surface area (Å²) in [5, 5.41) is 7.61. The number of hydrogen-bond donors (Lipinski definition) is 0. The Morgan fingerprint density at radius 2 is 0.719 bits per heavy atom. The van der Waals surface area contributed by atoms with Gasteiger partial charge >= 0.3 is 0 Å². The van der Waals surface area contributed by atoms with Crippen LogP contribution in [0.5, 0.6) is 0 Å². The van der Waals surface area contributed by atoms with E-state index in [0.29, 0.717) is 0 Å². The van der Waals surface area contributed by atoms with Crippen molar-refractivity contribution < 1.29 is 0 Å². The van der Waals surface area contributed by atoms with Crippen LogP contribution in [-0.2, 0) is 0 Å². The number of fused-ring (bicyclic) bond motifs is 5. The summed E-state index contributed by atoms with van der Waals surface area (Å²) in [6.45, 7) is 0. The van der Waals surface area contributed by atoms with Crippen molar-refractivity contribution in [2.45, 2.75) is 0 Å². The summed E-state index contributed by atoms with van der Waals surface area (Å²) in [6, 6.07) is 91.1. The Morgan fingerprint density at radius 1 is 0.250 bits per heavy atom. The molecule has 11 aromatic carbocycles. The van der Waals surface area contributed by atoms with Crippen molar-refractivity contribution in [3.8, 4) is 55.6 Å². The molecule has 2 heteroatoms. The minimum atomic E-state index is 1.08. The minimum Gasteiger partial charge on any atom is -0.310 e. The molecule has 12 rings (SSSR count). The fourth-order valence-electron chi connectivity index (χ4n) is 9.51. The van der Waals surface area contributed by atoms with Crippen molar-refractivity contribution in [3.05, 3.63) is 249 Å². The first-order chi connectivity index (χ1) is 31.7. The van der Waals surface area contributed by atoms with E-state index in [4.69, 9.17) is 0 Å². The van der Waals surface area contributed by atoms with E-state index in [1.807, 2.05) is 11.3 Å². The SMILES string of the molecule is c1ccc(-c2ccc(-c3cccc4ccccc34)cc2N(c2ccc(-c3cccc(-c4cccc5ccccc45)c3)cc2)c2ccc(-c3ccc4sc5ccccc5c4c3)cc2)cc1. The predicted octanol–water partition coefficient (Wildman–Crippen LogP) is 18.2. The molecule has 0 atom stereocenters. The predicted molar refractivity (Wildman–Crippen MR) is 276 cm³/mol. The van der Waals surface area contributed by atoms with E-state index < -0.39 is 0 Å². The van der Waals surface area contributed by atoms with Crippen LogP contribution in [0, 0.1) is 0 Å². The van der Waals surface area contributed by atoms with Crippen molar-refractivity contribution in [3.63, 3.8) is 0 Å². The topological polar surface area (TPSA) is 3.24 Å². The lowest BCUT2D eigenvalue weighted by Gasteiger charge is -2.29. The van der Waals surface area contributed by atoms with Crippen LogP contribution in [0.2, 0.25) is 0 Å². The molecule has 0 unspecified atom stereocenters. The molecule has 0 spiro atoms. The molecule has 0 saturated heterocycles. The largest absolute Gasteiger partial charge is 0.310 e. The van der Waals surface area contributed by atoms with Gasteiger partial charge in [-0.3, -0.25) is 0 Å². The summed E-state index contributed by atoms with van der Waals surface area (Å²) < 4.78 is 2.64. The lowest BCUT2D eigenvalue weighted by molar-refractivity contribution is 1.28. The molecule has 0 N–H and O–H groups in total. The van der Waals surface area contributed by atoms with Crippen LogP contribution in [-0.4, -0.2) is 0 Å². The smallest absolute Gasteiger partial charge is 0.0546 e. The Bertz CT molecular complexity index is 3650. The van der Waals surface area contributed by atoms with Crippen LogP contribution < -0.4 is 4.90 Å². The zero-order valence-electron chi connectivity index (χ0n) is 35.0. The molecule has 0 amide bonds. The Kier molecular flexibility index (Phi) is 9.43. The maximum atomic E-state index is 2.44. The third kappa shape index (κ3) is 6.82. The summed E-state index contributed by atoms with van der Waals surface area (Å²) >= 11 is 1.86. The monoisotopic (exact) mass is 831 g/mol. The summed E-state index contributed by atoms with van der Waals surface area (Å²) in [5.41, 5.74) is 15.2. The van der Waals surface area contributed by atoms with Crippen LogP contribution >= 0.6 is 11.3 Å². The van der Waals surface area contributed by atoms with Crippen molar-refractivity contribution in [2.75, 3.05) is 4.90 Å². The maximum absolute atomic E-state index is 2.44. The molecule has 0 radical (unpaired) electrons. The number of hydrogen-bond acceptors (Lipinski definition) is 2. The van der Waals surface area contributed by atoms with Crippen LogP contribution in [0.25, 0.3) is 97.4 Å². The third-order valence-corrected chi connectivity index (χ3v) is 13.8. The Labute approximate surface area is 377 Å². The lowest BCUT2D eigenvalue weighted by atomic mass is 9.93. The molecule has 0 aliphatic heterocycles. The van der Waals surface area contributed by atoms with Gasteiger partial charge < -0.3 is 4.90 Å². The van der Waals surface area contributed by atoms with Gasteiger partial charge in [0.15, 0.2) is 0 Å². The van der Waals surface area contributed by atoms with Gasteiger partial charge in [-0.05, 0) is 126 Å². The normalized spacial score (nSPS) is 11.4. The highest BCUT2D eigenvalue weighted by Gasteiger charge is 2.20. The van der Waals surface area contributed by atoms with Crippen LogP contribution in [0.1, 0.15) is 0 Å². The Morgan fingerprint density at radius 3 is 1.39 bits per heavy atom. The van der Waals surface area contributed by atoms with E-state index in [2.05, 4.69) is 254 Å². The van der Waals surface area contributed by atoms with Gasteiger partial charge in [-0.1, -0.05) is 194 Å². The van der Waals surface area contributed by atoms with Crippen LogP contribution in [0.3, 0.4) is 0 Å². The fraction of sp³-hybridized carbons (Fsp3) is 0. The second-order valence-electron chi connectivity index (χ2n) is 16.5. The van der Waals surface area contributed by atoms with Crippen LogP contribution in [0.4, 0.5) is 17.1 Å². The fourth-order valence-corrected chi connectivity index (χ4v) is 10.6. The Hall–Kier alpha value is -8.04. The summed E-state index contributed by atoms with van der Waals surface area (Å²) in [6.07, 6.45) is 0. The van der Waals surface area contributed by atoms with Crippen molar-refractivity contribution in [1.29, 1.82) is 0 Å². The lowest BCUT2D eigenvalue weighted by Crippen LogP contribution is -2.11. The van der Waals surface area contributed by atoms with Gasteiger partial charge in [0.1, 0.15) is 0 Å². The highest BCUT2D eigenvalue weighted by atomic mass is 32.1. The standard InChI is InChI=1S/C62H41NS/c1-2-13-46(14-3-1)57-37-31-50(56-25-12-18-45-16-5-7-22-54(45)56)41-60(57)63(52-35-29-43(30-36-52)48-32-38-62-59(40-48)58-23-8-9-26-61(58)64-62)51-33-27-42(28-34-51)47-19-10-20-49(39-47)55-24-11-17-44-15-4-6-21-53(44)55/h1-41H. The van der Waals surface area contributed by atoms with E-state index in [0.717, 1.165) is 22.6 Å². The molecule has 0 aliphatic rings. The van der Waals surface area contributed by atoms with Gasteiger partial charge in [0.25, 0.3) is 0 Å². The first-order valence-electron chi connectivity index (χ1n) is 21.9. The Balaban J connectivity index is 1.00. The van der Waals surface area contributed by atoms with Gasteiger partial charge in [0.05, 0.1) is 5.69 Å². The van der Waals surface area contributed by atoms with E-state index in [9.17, 15) is 0 Å². The molecule has 0 fully saturated rings. The molecular weight excluding hydrogens is 791 g/mol. The van der Waals surface area contributed by atoms with Gasteiger partial charge in [-0.2, -0.15) is 0 Å². The number of rotatable bonds is 8. The highest BCUT2D eigenvalue weighted by molar-refractivity contribution is 7.25. The number of benzene rings is 11. The zero-order valence-corrected chi connectivity index (χ0v) is 35.8. The van der Waals surface area contributed by atoms with Gasteiger partial charge in [-0.25, -0.2) is 0 Å². The summed E-state index contributed by atoms with van der Waals surface area (Å²) in [4.78, 5) is 2.44. The van der Waals surface area contributed by atoms with E-state index >= 15 is 0 Å². The number of anilines is 3. The molecule has 1 aromatic heterocycles. The van der Waals surface area contributed by atoms with Gasteiger partial charge in [0.2, 0.25) is 0 Å². The highest BCUT2D eigenvalue weighted by Crippen LogP contribution is 2.45. The van der Waals surface area contributed by atoms with Gasteiger partial charge in [-0.15, -0.1) is 11.3 Å². The molecular formula is C62H41NS. The first kappa shape index (κ1) is 37.7. The second-order valence-corrected chi connectivity index (χ2v) is 17.6. The summed E-state index contributed by atoms with van der Waals surface area (Å²) in [7, 11) is 0. The quantitative estimate of drug-likeness (QED) is 0.147. The number of thiophene rings is 1. The average molecular weight is 832 g/mol.